The van der Waals surface area contributed by atoms with Crippen LogP contribution in [0.25, 0.3) is 0 Å². The second kappa shape index (κ2) is 6.79. The molecule has 11 heavy (non-hydrogen) atoms. The molecular weight excluding hydrogens is 160 g/mol. The van der Waals surface area contributed by atoms with Gasteiger partial charge in [0, 0.05) is 18.5 Å². The molecule has 0 atom stereocenters. The first-order valence-electron chi connectivity index (χ1n) is 2.87. The number of pyridine rings is 1. The second-order valence-electron chi connectivity index (χ2n) is 1.50. The Morgan fingerprint density at radius 2 is 2.36 bits per heavy atom. The van der Waals surface area contributed by atoms with Gasteiger partial charge in [-0.05, 0) is 12.1 Å². The lowest BCUT2D eigenvalue weighted by molar-refractivity contribution is 1.33. The predicted molar refractivity (Wildman–Crippen MR) is 45.1 cm³/mol. The maximum absolute atomic E-state index is 7.51. The molecule has 0 fully saturated rings. The first-order chi connectivity index (χ1) is 5.31. The Kier molecular flexibility index (Phi) is 5.96. The van der Waals surface area contributed by atoms with E-state index in [1.54, 1.807) is 30.6 Å². The Morgan fingerprint density at radius 3 is 2.55 bits per heavy atom. The van der Waals surface area contributed by atoms with Crippen LogP contribution in [0.3, 0.4) is 0 Å². The van der Waals surface area contributed by atoms with Crippen LogP contribution in [0.4, 0.5) is 0 Å². The van der Waals surface area contributed by atoms with Crippen LogP contribution in [-0.2, 0) is 0 Å². The SMILES string of the molecule is C=CC#N.Clc1cccnc1. The molecule has 3 heteroatoms. The van der Waals surface area contributed by atoms with E-state index in [-0.39, 0.29) is 0 Å². The minimum absolute atomic E-state index is 0.683. The van der Waals surface area contributed by atoms with E-state index in [1.165, 1.54) is 6.08 Å². The zero-order valence-electron chi connectivity index (χ0n) is 5.87. The molecule has 0 radical (unpaired) electrons. The van der Waals surface area contributed by atoms with E-state index in [9.17, 15) is 0 Å². The lowest BCUT2D eigenvalue weighted by atomic mass is 10.5. The predicted octanol–water partition coefficient (Wildman–Crippen LogP) is 2.43. The number of nitrogens with zero attached hydrogens (tertiary/aromatic N) is 2. The van der Waals surface area contributed by atoms with Crippen molar-refractivity contribution in [2.45, 2.75) is 0 Å². The van der Waals surface area contributed by atoms with Gasteiger partial charge in [-0.1, -0.05) is 18.2 Å². The van der Waals surface area contributed by atoms with E-state index in [0.717, 1.165) is 0 Å². The first kappa shape index (κ1) is 9.67. The van der Waals surface area contributed by atoms with Crippen LogP contribution < -0.4 is 0 Å². The van der Waals surface area contributed by atoms with Crippen LogP contribution in [0.1, 0.15) is 0 Å². The molecule has 1 aromatic heterocycles. The molecule has 1 aromatic rings. The summed E-state index contributed by atoms with van der Waals surface area (Å²) in [5.41, 5.74) is 0. The highest BCUT2D eigenvalue weighted by Gasteiger charge is 1.76. The van der Waals surface area contributed by atoms with Crippen LogP contribution in [0.15, 0.2) is 37.2 Å². The molecule has 1 rings (SSSR count). The molecule has 0 bridgehead atoms. The minimum atomic E-state index is 0.683. The molecule has 0 unspecified atom stereocenters. The monoisotopic (exact) mass is 166 g/mol. The van der Waals surface area contributed by atoms with Gasteiger partial charge in [0.1, 0.15) is 0 Å². The fourth-order valence-corrected chi connectivity index (χ4v) is 0.471. The topological polar surface area (TPSA) is 36.7 Å². The van der Waals surface area contributed by atoms with Crippen LogP contribution in [-0.4, -0.2) is 4.98 Å². The van der Waals surface area contributed by atoms with Crippen molar-refractivity contribution in [2.75, 3.05) is 0 Å². The summed E-state index contributed by atoms with van der Waals surface area (Å²) >= 11 is 5.48. The standard InChI is InChI=1S/C5H4ClN.C3H3N/c6-5-2-1-3-7-4-5;1-2-3-4/h1-4H;2H,1H2. The lowest BCUT2D eigenvalue weighted by Gasteiger charge is -1.79. The van der Waals surface area contributed by atoms with Gasteiger partial charge in [0.25, 0.3) is 0 Å². The Morgan fingerprint density at radius 1 is 1.73 bits per heavy atom. The third-order valence-electron chi connectivity index (χ3n) is 0.717. The molecule has 0 aliphatic carbocycles. The summed E-state index contributed by atoms with van der Waals surface area (Å²) < 4.78 is 0. The Bertz CT molecular complexity index is 238. The summed E-state index contributed by atoms with van der Waals surface area (Å²) in [7, 11) is 0. The van der Waals surface area contributed by atoms with E-state index < -0.39 is 0 Å². The summed E-state index contributed by atoms with van der Waals surface area (Å²) in [6.45, 7) is 3.12. The molecule has 56 valence electrons. The van der Waals surface area contributed by atoms with Crippen molar-refractivity contribution in [1.29, 1.82) is 5.26 Å². The fourth-order valence-electron chi connectivity index (χ4n) is 0.342. The van der Waals surface area contributed by atoms with E-state index in [1.807, 2.05) is 0 Å². The highest BCUT2D eigenvalue weighted by molar-refractivity contribution is 6.30. The fraction of sp³-hybridized carbons (Fsp3) is 0. The third kappa shape index (κ3) is 6.56. The van der Waals surface area contributed by atoms with E-state index >= 15 is 0 Å². The first-order valence-corrected chi connectivity index (χ1v) is 3.25. The molecule has 0 saturated carbocycles. The van der Waals surface area contributed by atoms with E-state index in [2.05, 4.69) is 11.6 Å². The van der Waals surface area contributed by atoms with Crippen LogP contribution >= 0.6 is 11.6 Å². The van der Waals surface area contributed by atoms with Gasteiger partial charge in [0.05, 0.1) is 11.1 Å². The van der Waals surface area contributed by atoms with E-state index in [4.69, 9.17) is 16.9 Å². The molecule has 0 spiro atoms. The van der Waals surface area contributed by atoms with Gasteiger partial charge in [-0.25, -0.2) is 0 Å². The molecule has 0 aromatic carbocycles. The number of hydrogen-bond acceptors (Lipinski definition) is 2. The van der Waals surface area contributed by atoms with Crippen molar-refractivity contribution >= 4 is 11.6 Å². The summed E-state index contributed by atoms with van der Waals surface area (Å²) in [6, 6.07) is 5.27. The van der Waals surface area contributed by atoms with Crippen molar-refractivity contribution in [2.24, 2.45) is 0 Å². The quantitative estimate of drug-likeness (QED) is 0.555. The largest absolute Gasteiger partial charge is 0.263 e. The number of allylic oxidation sites excluding steroid dienone is 1. The Hall–Kier alpha value is -1.33. The van der Waals surface area contributed by atoms with Crippen molar-refractivity contribution in [3.05, 3.63) is 42.2 Å². The molecule has 0 amide bonds. The third-order valence-corrected chi connectivity index (χ3v) is 0.940. The molecule has 0 aliphatic heterocycles. The van der Waals surface area contributed by atoms with Gasteiger partial charge < -0.3 is 0 Å². The molecule has 0 saturated heterocycles. The maximum Gasteiger partial charge on any atom is 0.0905 e. The van der Waals surface area contributed by atoms with Gasteiger partial charge in [-0.15, -0.1) is 0 Å². The van der Waals surface area contributed by atoms with Gasteiger partial charge in [-0.3, -0.25) is 4.98 Å². The summed E-state index contributed by atoms with van der Waals surface area (Å²) in [6.07, 6.45) is 4.47. The van der Waals surface area contributed by atoms with Gasteiger partial charge >= 0.3 is 0 Å². The Balaban J connectivity index is 0.000000218. The Labute approximate surface area is 70.8 Å². The number of nitriles is 1. The number of rotatable bonds is 0. The molecule has 1 heterocycles. The average Bonchev–Trinajstić information content (AvgIpc) is 2.07. The number of hydrogen-bond donors (Lipinski definition) is 0. The van der Waals surface area contributed by atoms with Crippen LogP contribution in [0.2, 0.25) is 5.02 Å². The summed E-state index contributed by atoms with van der Waals surface area (Å²) in [5.74, 6) is 0. The van der Waals surface area contributed by atoms with Crippen molar-refractivity contribution in [3.8, 4) is 6.07 Å². The highest BCUT2D eigenvalue weighted by atomic mass is 35.5. The smallest absolute Gasteiger partial charge is 0.0905 e. The number of aromatic nitrogens is 1. The molecule has 2 nitrogen and oxygen atoms in total. The zero-order valence-corrected chi connectivity index (χ0v) is 6.62. The molecule has 0 aliphatic rings. The van der Waals surface area contributed by atoms with Gasteiger partial charge in [-0.2, -0.15) is 5.26 Å². The van der Waals surface area contributed by atoms with Crippen molar-refractivity contribution < 1.29 is 0 Å². The second-order valence-corrected chi connectivity index (χ2v) is 1.94. The summed E-state index contributed by atoms with van der Waals surface area (Å²) in [5, 5.41) is 8.19. The number of halogens is 1. The minimum Gasteiger partial charge on any atom is -0.263 e. The van der Waals surface area contributed by atoms with Crippen LogP contribution in [0.5, 0.6) is 0 Å². The van der Waals surface area contributed by atoms with Crippen molar-refractivity contribution in [1.82, 2.24) is 4.98 Å². The van der Waals surface area contributed by atoms with Crippen LogP contribution in [0, 0.1) is 11.3 Å². The molecule has 0 N–H and O–H groups in total. The van der Waals surface area contributed by atoms with Gasteiger partial charge in [0.15, 0.2) is 0 Å². The normalized spacial score (nSPS) is 6.91. The average molecular weight is 167 g/mol. The maximum atomic E-state index is 7.51. The van der Waals surface area contributed by atoms with Gasteiger partial charge in [0.2, 0.25) is 0 Å². The van der Waals surface area contributed by atoms with Crippen molar-refractivity contribution in [3.63, 3.8) is 0 Å². The lowest BCUT2D eigenvalue weighted by Crippen LogP contribution is -1.64. The molecular formula is C8H7ClN2. The summed E-state index contributed by atoms with van der Waals surface area (Å²) in [4.78, 5) is 3.75. The highest BCUT2D eigenvalue weighted by Crippen LogP contribution is 2.00. The van der Waals surface area contributed by atoms with E-state index in [0.29, 0.717) is 5.02 Å². The zero-order chi connectivity index (χ0) is 8.53.